The maximum Gasteiger partial charge on any atom is 0.318 e. The molecule has 1 aliphatic heterocycles. The molecule has 2 atom stereocenters. The van der Waals surface area contributed by atoms with Crippen LogP contribution in [0.25, 0.3) is 0 Å². The molecule has 8 heteroatoms. The van der Waals surface area contributed by atoms with Crippen LogP contribution in [0.2, 0.25) is 0 Å². The normalized spacial score (nSPS) is 16.3. The van der Waals surface area contributed by atoms with E-state index in [0.29, 0.717) is 18.8 Å². The molecule has 2 heterocycles. The molecule has 1 aromatic carbocycles. The van der Waals surface area contributed by atoms with E-state index in [1.807, 2.05) is 30.2 Å². The lowest BCUT2D eigenvalue weighted by atomic mass is 10.00. The number of carbonyl (C=O) groups is 2. The third-order valence-corrected chi connectivity index (χ3v) is 6.89. The summed E-state index contributed by atoms with van der Waals surface area (Å²) in [6, 6.07) is 7.45. The molecule has 0 saturated heterocycles. The third kappa shape index (κ3) is 6.69. The van der Waals surface area contributed by atoms with Crippen LogP contribution in [-0.4, -0.2) is 54.0 Å². The van der Waals surface area contributed by atoms with Gasteiger partial charge in [0, 0.05) is 24.0 Å². The van der Waals surface area contributed by atoms with Crippen molar-refractivity contribution in [1.29, 1.82) is 0 Å². The Labute approximate surface area is 199 Å². The van der Waals surface area contributed by atoms with Gasteiger partial charge in [0.25, 0.3) is 0 Å². The molecule has 3 amide bonds. The lowest BCUT2D eigenvalue weighted by molar-refractivity contribution is -0.135. The van der Waals surface area contributed by atoms with Gasteiger partial charge in [-0.05, 0) is 67.5 Å². The van der Waals surface area contributed by atoms with Crippen LogP contribution < -0.4 is 10.1 Å². The topological polar surface area (TPSA) is 61.9 Å². The molecule has 0 spiro atoms. The first-order valence-electron chi connectivity index (χ1n) is 11.6. The van der Waals surface area contributed by atoms with Crippen LogP contribution >= 0.6 is 11.3 Å². The smallest absolute Gasteiger partial charge is 0.318 e. The molecule has 3 rings (SSSR count). The Morgan fingerprint density at radius 2 is 1.97 bits per heavy atom. The molecule has 0 radical (unpaired) electrons. The fourth-order valence-corrected chi connectivity index (χ4v) is 4.83. The Morgan fingerprint density at radius 3 is 2.64 bits per heavy atom. The highest BCUT2D eigenvalue weighted by molar-refractivity contribution is 7.10. The third-order valence-electron chi connectivity index (χ3n) is 5.89. The number of carbonyl (C=O) groups excluding carboxylic acids is 2. The number of thiophene rings is 1. The first-order valence-corrected chi connectivity index (χ1v) is 12.5. The fraction of sp³-hybridized carbons (Fsp3) is 0.520. The molecule has 6 nitrogen and oxygen atoms in total. The van der Waals surface area contributed by atoms with Crippen LogP contribution in [0.15, 0.2) is 35.7 Å². The van der Waals surface area contributed by atoms with Gasteiger partial charge in [0.2, 0.25) is 5.91 Å². The average molecular weight is 476 g/mol. The van der Waals surface area contributed by atoms with Crippen LogP contribution in [0.4, 0.5) is 9.18 Å². The van der Waals surface area contributed by atoms with Gasteiger partial charge in [-0.1, -0.05) is 20.3 Å². The molecular weight excluding hydrogens is 441 g/mol. The van der Waals surface area contributed by atoms with Crippen molar-refractivity contribution in [1.82, 2.24) is 15.1 Å². The molecule has 2 aromatic rings. The van der Waals surface area contributed by atoms with Gasteiger partial charge in [-0.25, -0.2) is 9.18 Å². The highest BCUT2D eigenvalue weighted by Gasteiger charge is 2.33. The van der Waals surface area contributed by atoms with Crippen LogP contribution in [0, 0.1) is 11.7 Å². The van der Waals surface area contributed by atoms with Gasteiger partial charge < -0.3 is 19.9 Å². The minimum absolute atomic E-state index is 0.00718. The molecule has 0 unspecified atom stereocenters. The number of nitrogens with zero attached hydrogens (tertiary/aromatic N) is 2. The van der Waals surface area contributed by atoms with E-state index >= 15 is 0 Å². The number of urea groups is 1. The lowest BCUT2D eigenvalue weighted by Crippen LogP contribution is -2.51. The predicted molar refractivity (Wildman–Crippen MR) is 129 cm³/mol. The maximum atomic E-state index is 13.5. The van der Waals surface area contributed by atoms with Gasteiger partial charge in [0.05, 0.1) is 6.04 Å². The Hall–Kier alpha value is -2.61. The Balaban J connectivity index is 1.76. The highest BCUT2D eigenvalue weighted by atomic mass is 32.1. The summed E-state index contributed by atoms with van der Waals surface area (Å²) >= 11 is 1.69. The van der Waals surface area contributed by atoms with E-state index in [1.54, 1.807) is 28.4 Å². The summed E-state index contributed by atoms with van der Waals surface area (Å²) in [5.41, 5.74) is 1.09. The molecule has 0 fully saturated rings. The van der Waals surface area contributed by atoms with E-state index < -0.39 is 0 Å². The average Bonchev–Trinajstić information content (AvgIpc) is 3.26. The Bertz CT molecular complexity index is 931. The van der Waals surface area contributed by atoms with Crippen molar-refractivity contribution in [3.05, 3.63) is 52.0 Å². The van der Waals surface area contributed by atoms with E-state index in [2.05, 4.69) is 19.2 Å². The van der Waals surface area contributed by atoms with Crippen molar-refractivity contribution in [3.63, 3.8) is 0 Å². The van der Waals surface area contributed by atoms with Gasteiger partial charge in [0.1, 0.15) is 24.7 Å². The summed E-state index contributed by atoms with van der Waals surface area (Å²) < 4.78 is 19.2. The molecule has 0 bridgehead atoms. The minimum Gasteiger partial charge on any atom is -0.491 e. The zero-order chi connectivity index (χ0) is 24.0. The summed E-state index contributed by atoms with van der Waals surface area (Å²) in [5, 5.41) is 4.95. The highest BCUT2D eigenvalue weighted by Crippen LogP contribution is 2.34. The van der Waals surface area contributed by atoms with Crippen LogP contribution in [-0.2, 0) is 11.2 Å². The number of halogens is 1. The number of benzene rings is 1. The van der Waals surface area contributed by atoms with Crippen molar-refractivity contribution in [2.24, 2.45) is 5.92 Å². The second-order valence-electron chi connectivity index (χ2n) is 8.92. The molecule has 0 aliphatic carbocycles. The summed E-state index contributed by atoms with van der Waals surface area (Å²) in [4.78, 5) is 31.0. The quantitative estimate of drug-likeness (QED) is 0.564. The predicted octanol–water partition coefficient (Wildman–Crippen LogP) is 4.86. The lowest BCUT2D eigenvalue weighted by Gasteiger charge is -2.37. The van der Waals surface area contributed by atoms with Crippen molar-refractivity contribution >= 4 is 23.3 Å². The van der Waals surface area contributed by atoms with Crippen molar-refractivity contribution in [2.75, 3.05) is 26.2 Å². The molecule has 1 aliphatic rings. The number of hydrogen-bond donors (Lipinski definition) is 1. The monoisotopic (exact) mass is 475 g/mol. The van der Waals surface area contributed by atoms with Crippen molar-refractivity contribution in [3.8, 4) is 5.75 Å². The Morgan fingerprint density at radius 1 is 1.24 bits per heavy atom. The minimum atomic E-state index is -0.321. The van der Waals surface area contributed by atoms with E-state index in [1.165, 1.54) is 17.0 Å². The zero-order valence-electron chi connectivity index (χ0n) is 19.8. The van der Waals surface area contributed by atoms with E-state index in [-0.39, 0.29) is 48.9 Å². The summed E-state index contributed by atoms with van der Waals surface area (Å²) in [6.07, 6.45) is 1.71. The van der Waals surface area contributed by atoms with E-state index in [9.17, 15) is 14.0 Å². The Kier molecular flexibility index (Phi) is 8.72. The zero-order valence-corrected chi connectivity index (χ0v) is 20.7. The summed E-state index contributed by atoms with van der Waals surface area (Å²) in [7, 11) is 0. The molecule has 1 aromatic heterocycles. The first kappa shape index (κ1) is 25.0. The standard InChI is InChI=1S/C25H34FN3O3S/c1-5-18(4)14-28(25(31)27-17(2)3)15-24(30)29-12-10-23-21(11-13-33-23)22(29)16-32-20-8-6-19(26)7-9-20/h6-9,11,13,17-18,22H,5,10,12,14-16H2,1-4H3,(H,27,31)/t18-,22+/m0/s1. The molecular formula is C25H34FN3O3S. The van der Waals surface area contributed by atoms with Gasteiger partial charge in [-0.3, -0.25) is 4.79 Å². The molecule has 180 valence electrons. The van der Waals surface area contributed by atoms with Crippen molar-refractivity contribution < 1.29 is 18.7 Å². The number of rotatable bonds is 9. The van der Waals surface area contributed by atoms with Gasteiger partial charge in [-0.15, -0.1) is 11.3 Å². The number of hydrogen-bond acceptors (Lipinski definition) is 4. The van der Waals surface area contributed by atoms with Gasteiger partial charge >= 0.3 is 6.03 Å². The largest absolute Gasteiger partial charge is 0.491 e. The fourth-order valence-electron chi connectivity index (χ4n) is 3.90. The van der Waals surface area contributed by atoms with Crippen LogP contribution in [0.1, 0.15) is 50.6 Å². The van der Waals surface area contributed by atoms with E-state index in [0.717, 1.165) is 18.4 Å². The molecule has 1 N–H and O–H groups in total. The van der Waals surface area contributed by atoms with Gasteiger partial charge in [-0.2, -0.15) is 0 Å². The first-order chi connectivity index (χ1) is 15.8. The second-order valence-corrected chi connectivity index (χ2v) is 9.92. The SMILES string of the molecule is CC[C@H](C)CN(CC(=O)N1CCc2sccc2[C@H]1COc1ccc(F)cc1)C(=O)NC(C)C. The molecule has 33 heavy (non-hydrogen) atoms. The van der Waals surface area contributed by atoms with Gasteiger partial charge in [0.15, 0.2) is 0 Å². The second kappa shape index (κ2) is 11.5. The van der Waals surface area contributed by atoms with Crippen LogP contribution in [0.3, 0.4) is 0 Å². The number of nitrogens with one attached hydrogen (secondary N) is 1. The van der Waals surface area contributed by atoms with E-state index in [4.69, 9.17) is 4.74 Å². The summed E-state index contributed by atoms with van der Waals surface area (Å²) in [6.45, 7) is 9.37. The number of amides is 3. The summed E-state index contributed by atoms with van der Waals surface area (Å²) in [5.74, 6) is 0.429. The van der Waals surface area contributed by atoms with Crippen molar-refractivity contribution in [2.45, 2.75) is 52.6 Å². The number of ether oxygens (including phenoxy) is 1. The van der Waals surface area contributed by atoms with Crippen LogP contribution in [0.5, 0.6) is 5.75 Å². The maximum absolute atomic E-state index is 13.5. The molecule has 0 saturated carbocycles. The number of fused-ring (bicyclic) bond motifs is 1.